The lowest BCUT2D eigenvalue weighted by Crippen LogP contribution is -2.29. The molecule has 0 radical (unpaired) electrons. The summed E-state index contributed by atoms with van der Waals surface area (Å²) in [6, 6.07) is 6.24. The Kier molecular flexibility index (Phi) is 6.47. The standard InChI is InChI=1S/C17H25N3O2S.BrH/c1-18-23(21,22)10-7-13-3-4-17-15(11-13)16(12-19-17)14-5-8-20(2)9-6-14;/h3-4,11-12,14,18-19H,5-10H2,1-2H3;1H. The molecule has 1 aliphatic rings. The Bertz CT molecular complexity index is 780. The monoisotopic (exact) mass is 415 g/mol. The van der Waals surface area contributed by atoms with Gasteiger partial charge in [0.2, 0.25) is 10.0 Å². The summed E-state index contributed by atoms with van der Waals surface area (Å²) in [5.41, 5.74) is 3.59. The van der Waals surface area contributed by atoms with Gasteiger partial charge in [-0.25, -0.2) is 13.1 Å². The first kappa shape index (κ1) is 19.4. The molecular weight excluding hydrogens is 390 g/mol. The number of nitrogens with one attached hydrogen (secondary N) is 2. The second kappa shape index (κ2) is 7.99. The molecule has 1 fully saturated rings. The highest BCUT2D eigenvalue weighted by atomic mass is 79.9. The summed E-state index contributed by atoms with van der Waals surface area (Å²) < 4.78 is 25.6. The number of rotatable bonds is 5. The smallest absolute Gasteiger partial charge is 0.211 e. The molecule has 134 valence electrons. The van der Waals surface area contributed by atoms with E-state index in [2.05, 4.69) is 40.0 Å². The maximum Gasteiger partial charge on any atom is 0.211 e. The van der Waals surface area contributed by atoms with Crippen molar-refractivity contribution in [3.05, 3.63) is 35.5 Å². The predicted octanol–water partition coefficient (Wildman–Crippen LogP) is 2.65. The van der Waals surface area contributed by atoms with E-state index in [4.69, 9.17) is 0 Å². The Hall–Kier alpha value is -0.890. The van der Waals surface area contributed by atoms with Gasteiger partial charge in [-0.1, -0.05) is 6.07 Å². The fraction of sp³-hybridized carbons (Fsp3) is 0.529. The summed E-state index contributed by atoms with van der Waals surface area (Å²) in [5.74, 6) is 0.722. The lowest BCUT2D eigenvalue weighted by atomic mass is 9.89. The minimum atomic E-state index is -3.16. The molecule has 0 bridgehead atoms. The van der Waals surface area contributed by atoms with Gasteiger partial charge in [0, 0.05) is 17.1 Å². The second-order valence-electron chi connectivity index (χ2n) is 6.47. The van der Waals surface area contributed by atoms with E-state index in [1.807, 2.05) is 6.07 Å². The van der Waals surface area contributed by atoms with Crippen molar-refractivity contribution in [2.45, 2.75) is 25.2 Å². The molecule has 1 saturated heterocycles. The van der Waals surface area contributed by atoms with Gasteiger partial charge in [0.05, 0.1) is 5.75 Å². The van der Waals surface area contributed by atoms with Crippen LogP contribution >= 0.6 is 17.0 Å². The fourth-order valence-corrected chi connectivity index (χ4v) is 4.07. The van der Waals surface area contributed by atoms with Gasteiger partial charge in [0.25, 0.3) is 0 Å². The summed E-state index contributed by atoms with van der Waals surface area (Å²) in [6.45, 7) is 2.27. The molecule has 0 amide bonds. The van der Waals surface area contributed by atoms with Gasteiger partial charge in [-0.05, 0) is 75.6 Å². The molecule has 1 aromatic heterocycles. The fourth-order valence-electron chi connectivity index (χ4n) is 3.36. The van der Waals surface area contributed by atoms with Crippen LogP contribution in [0.1, 0.15) is 29.9 Å². The summed E-state index contributed by atoms with van der Waals surface area (Å²) in [4.78, 5) is 5.74. The number of aromatic amines is 1. The van der Waals surface area contributed by atoms with Gasteiger partial charge in [0.15, 0.2) is 0 Å². The van der Waals surface area contributed by atoms with E-state index >= 15 is 0 Å². The predicted molar refractivity (Wildman–Crippen MR) is 105 cm³/mol. The molecule has 7 heteroatoms. The molecule has 2 heterocycles. The Morgan fingerprint density at radius 3 is 2.67 bits per heavy atom. The van der Waals surface area contributed by atoms with Gasteiger partial charge in [-0.2, -0.15) is 0 Å². The van der Waals surface area contributed by atoms with Crippen molar-refractivity contribution in [3.63, 3.8) is 0 Å². The molecule has 3 rings (SSSR count). The molecule has 1 aliphatic heterocycles. The third kappa shape index (κ3) is 4.39. The number of fused-ring (bicyclic) bond motifs is 1. The third-order valence-electron chi connectivity index (χ3n) is 4.91. The van der Waals surface area contributed by atoms with Crippen LogP contribution in [0.4, 0.5) is 0 Å². The van der Waals surface area contributed by atoms with E-state index in [0.29, 0.717) is 12.3 Å². The molecule has 2 N–H and O–H groups in total. The minimum absolute atomic E-state index is 0. The number of piperidine rings is 1. The Labute approximate surface area is 154 Å². The molecule has 0 saturated carbocycles. The van der Waals surface area contributed by atoms with Crippen LogP contribution < -0.4 is 4.72 Å². The zero-order valence-corrected chi connectivity index (χ0v) is 16.7. The molecule has 1 aromatic carbocycles. The van der Waals surface area contributed by atoms with Crippen LogP contribution in [-0.2, 0) is 16.4 Å². The summed E-state index contributed by atoms with van der Waals surface area (Å²) in [5, 5.41) is 1.25. The van der Waals surface area contributed by atoms with Gasteiger partial charge in [-0.15, -0.1) is 17.0 Å². The van der Waals surface area contributed by atoms with E-state index < -0.39 is 10.0 Å². The van der Waals surface area contributed by atoms with Crippen molar-refractivity contribution in [1.82, 2.24) is 14.6 Å². The van der Waals surface area contributed by atoms with Crippen LogP contribution in [0.5, 0.6) is 0 Å². The lowest BCUT2D eigenvalue weighted by Gasteiger charge is -2.28. The van der Waals surface area contributed by atoms with E-state index in [1.54, 1.807) is 0 Å². The Morgan fingerprint density at radius 2 is 2.00 bits per heavy atom. The van der Waals surface area contributed by atoms with Crippen molar-refractivity contribution in [2.75, 3.05) is 32.9 Å². The number of aryl methyl sites for hydroxylation is 1. The normalized spacial score (nSPS) is 17.1. The average Bonchev–Trinajstić information content (AvgIpc) is 2.97. The highest BCUT2D eigenvalue weighted by Crippen LogP contribution is 2.33. The third-order valence-corrected chi connectivity index (χ3v) is 6.27. The molecular formula is C17H26BrN3O2S. The maximum atomic E-state index is 11.6. The number of H-pyrrole nitrogens is 1. The van der Waals surface area contributed by atoms with E-state index in [1.165, 1.54) is 30.8 Å². The van der Waals surface area contributed by atoms with Crippen molar-refractivity contribution in [3.8, 4) is 0 Å². The molecule has 24 heavy (non-hydrogen) atoms. The van der Waals surface area contributed by atoms with Gasteiger partial charge >= 0.3 is 0 Å². The molecule has 0 spiro atoms. The average molecular weight is 416 g/mol. The van der Waals surface area contributed by atoms with E-state index in [-0.39, 0.29) is 22.7 Å². The molecule has 5 nitrogen and oxygen atoms in total. The molecule has 0 atom stereocenters. The number of aromatic nitrogens is 1. The number of hydrogen-bond donors (Lipinski definition) is 2. The lowest BCUT2D eigenvalue weighted by molar-refractivity contribution is 0.256. The number of sulfonamides is 1. The van der Waals surface area contributed by atoms with Crippen molar-refractivity contribution in [1.29, 1.82) is 0 Å². The van der Waals surface area contributed by atoms with Crippen LogP contribution in [0.25, 0.3) is 10.9 Å². The molecule has 0 unspecified atom stereocenters. The Morgan fingerprint density at radius 1 is 1.29 bits per heavy atom. The van der Waals surface area contributed by atoms with Gasteiger partial charge < -0.3 is 9.88 Å². The summed E-state index contributed by atoms with van der Waals surface area (Å²) in [7, 11) is 0.476. The van der Waals surface area contributed by atoms with Crippen LogP contribution in [-0.4, -0.2) is 51.2 Å². The largest absolute Gasteiger partial charge is 0.361 e. The number of nitrogens with zero attached hydrogens (tertiary/aromatic N) is 1. The molecule has 2 aromatic rings. The number of benzene rings is 1. The van der Waals surface area contributed by atoms with Crippen molar-refractivity contribution >= 4 is 37.9 Å². The van der Waals surface area contributed by atoms with Gasteiger partial charge in [-0.3, -0.25) is 0 Å². The first-order chi connectivity index (χ1) is 11.0. The van der Waals surface area contributed by atoms with E-state index in [0.717, 1.165) is 24.2 Å². The molecule has 0 aliphatic carbocycles. The number of halogens is 1. The van der Waals surface area contributed by atoms with Crippen LogP contribution in [0.15, 0.2) is 24.4 Å². The SMILES string of the molecule is Br.CNS(=O)(=O)CCc1ccc2[nH]cc(C3CCN(C)CC3)c2c1. The minimum Gasteiger partial charge on any atom is -0.361 e. The van der Waals surface area contributed by atoms with Crippen LogP contribution in [0.2, 0.25) is 0 Å². The van der Waals surface area contributed by atoms with Crippen molar-refractivity contribution in [2.24, 2.45) is 0 Å². The first-order valence-corrected chi connectivity index (χ1v) is 9.83. The number of hydrogen-bond acceptors (Lipinski definition) is 3. The summed E-state index contributed by atoms with van der Waals surface area (Å²) in [6.07, 6.45) is 5.04. The second-order valence-corrected chi connectivity index (χ2v) is 8.52. The van der Waals surface area contributed by atoms with Gasteiger partial charge in [0.1, 0.15) is 0 Å². The zero-order chi connectivity index (χ0) is 16.4. The first-order valence-electron chi connectivity index (χ1n) is 8.18. The highest BCUT2D eigenvalue weighted by molar-refractivity contribution is 8.93. The Balaban J connectivity index is 0.00000208. The number of likely N-dealkylation sites (tertiary alicyclic amines) is 1. The summed E-state index contributed by atoms with van der Waals surface area (Å²) >= 11 is 0. The van der Waals surface area contributed by atoms with Crippen molar-refractivity contribution < 1.29 is 8.42 Å². The zero-order valence-electron chi connectivity index (χ0n) is 14.2. The quantitative estimate of drug-likeness (QED) is 0.788. The highest BCUT2D eigenvalue weighted by Gasteiger charge is 2.21. The van der Waals surface area contributed by atoms with E-state index in [9.17, 15) is 8.42 Å². The van der Waals surface area contributed by atoms with Crippen LogP contribution in [0, 0.1) is 0 Å². The van der Waals surface area contributed by atoms with Crippen LogP contribution in [0.3, 0.4) is 0 Å². The topological polar surface area (TPSA) is 65.2 Å². The maximum absolute atomic E-state index is 11.6.